The van der Waals surface area contributed by atoms with Gasteiger partial charge < -0.3 is 14.8 Å². The average Bonchev–Trinajstić information content (AvgIpc) is 2.47. The van der Waals surface area contributed by atoms with Crippen LogP contribution >= 0.6 is 0 Å². The van der Waals surface area contributed by atoms with Gasteiger partial charge in [0.25, 0.3) is 0 Å². The molecule has 1 N–H and O–H groups in total. The molecule has 0 spiro atoms. The lowest BCUT2D eigenvalue weighted by atomic mass is 9.87. The molecule has 1 aromatic rings. The van der Waals surface area contributed by atoms with Crippen LogP contribution in [0.5, 0.6) is 11.5 Å². The largest absolute Gasteiger partial charge is 0.486 e. The van der Waals surface area contributed by atoms with Gasteiger partial charge in [-0.05, 0) is 17.9 Å². The summed E-state index contributed by atoms with van der Waals surface area (Å²) in [5.41, 5.74) is 1.54. The molecule has 0 aliphatic carbocycles. The number of ether oxygens (including phenoxy) is 2. The van der Waals surface area contributed by atoms with Gasteiger partial charge in [0, 0.05) is 18.7 Å². The molecule has 118 valence electrons. The summed E-state index contributed by atoms with van der Waals surface area (Å²) in [6.45, 7) is 10.1. The van der Waals surface area contributed by atoms with Crippen LogP contribution in [0.1, 0.15) is 52.0 Å². The minimum absolute atomic E-state index is 0.349. The van der Waals surface area contributed by atoms with Gasteiger partial charge in [-0.2, -0.15) is 0 Å². The van der Waals surface area contributed by atoms with Crippen molar-refractivity contribution in [2.24, 2.45) is 5.41 Å². The maximum absolute atomic E-state index is 5.75. The average molecular weight is 291 g/mol. The summed E-state index contributed by atoms with van der Waals surface area (Å²) < 4.78 is 11.4. The van der Waals surface area contributed by atoms with Crippen LogP contribution in [0.15, 0.2) is 18.2 Å². The predicted molar refractivity (Wildman–Crippen MR) is 87.1 cm³/mol. The van der Waals surface area contributed by atoms with Crippen LogP contribution in [-0.2, 0) is 6.54 Å². The smallest absolute Gasteiger partial charge is 0.165 e. The van der Waals surface area contributed by atoms with E-state index in [0.29, 0.717) is 18.6 Å². The Labute approximate surface area is 129 Å². The first-order valence-electron chi connectivity index (χ1n) is 8.20. The topological polar surface area (TPSA) is 30.5 Å². The minimum atomic E-state index is 0.349. The van der Waals surface area contributed by atoms with Crippen LogP contribution in [0.2, 0.25) is 0 Å². The van der Waals surface area contributed by atoms with Crippen LogP contribution in [0.25, 0.3) is 0 Å². The van der Waals surface area contributed by atoms with E-state index in [1.807, 2.05) is 12.1 Å². The molecule has 1 aliphatic rings. The highest BCUT2D eigenvalue weighted by Crippen LogP contribution is 2.33. The first kappa shape index (κ1) is 16.2. The van der Waals surface area contributed by atoms with E-state index in [2.05, 4.69) is 32.2 Å². The lowest BCUT2D eigenvalue weighted by Crippen LogP contribution is -2.29. The highest BCUT2D eigenvalue weighted by atomic mass is 16.6. The molecular formula is C18H29NO2. The number of rotatable bonds is 8. The Kier molecular flexibility index (Phi) is 5.92. The highest BCUT2D eigenvalue weighted by Gasteiger charge is 2.18. The standard InChI is InChI=1S/C18H29NO2/c1-4-5-6-10-18(2,3)14-19-13-15-8-7-9-16-17(15)21-12-11-20-16/h7-9,19H,4-6,10-14H2,1-3H3. The van der Waals surface area contributed by atoms with E-state index in [-0.39, 0.29) is 0 Å². The van der Waals surface area contributed by atoms with Crippen molar-refractivity contribution in [2.75, 3.05) is 19.8 Å². The fraction of sp³-hybridized carbons (Fsp3) is 0.667. The summed E-state index contributed by atoms with van der Waals surface area (Å²) in [7, 11) is 0. The van der Waals surface area contributed by atoms with Crippen molar-refractivity contribution in [3.05, 3.63) is 23.8 Å². The van der Waals surface area contributed by atoms with E-state index in [0.717, 1.165) is 24.6 Å². The third-order valence-electron chi connectivity index (χ3n) is 4.02. The molecule has 1 aliphatic heterocycles. The first-order valence-corrected chi connectivity index (χ1v) is 8.20. The van der Waals surface area contributed by atoms with Gasteiger partial charge in [0.2, 0.25) is 0 Å². The Morgan fingerprint density at radius 1 is 1.14 bits per heavy atom. The Bertz CT molecular complexity index is 443. The number of para-hydroxylation sites is 1. The predicted octanol–water partition coefficient (Wildman–Crippen LogP) is 4.15. The molecule has 1 heterocycles. The first-order chi connectivity index (χ1) is 10.1. The lowest BCUT2D eigenvalue weighted by molar-refractivity contribution is 0.169. The zero-order valence-corrected chi connectivity index (χ0v) is 13.7. The molecule has 0 aromatic heterocycles. The SMILES string of the molecule is CCCCCC(C)(C)CNCc1cccc2c1OCCO2. The second-order valence-electron chi connectivity index (χ2n) is 6.67. The summed E-state index contributed by atoms with van der Waals surface area (Å²) >= 11 is 0. The van der Waals surface area contributed by atoms with Gasteiger partial charge in [0.05, 0.1) is 0 Å². The van der Waals surface area contributed by atoms with E-state index in [9.17, 15) is 0 Å². The number of unbranched alkanes of at least 4 members (excludes halogenated alkanes) is 2. The molecule has 1 aromatic carbocycles. The Morgan fingerprint density at radius 3 is 2.76 bits per heavy atom. The van der Waals surface area contributed by atoms with Crippen LogP contribution < -0.4 is 14.8 Å². The number of hydrogen-bond donors (Lipinski definition) is 1. The number of benzene rings is 1. The van der Waals surface area contributed by atoms with E-state index < -0.39 is 0 Å². The molecule has 0 saturated heterocycles. The van der Waals surface area contributed by atoms with Crippen LogP contribution in [0, 0.1) is 5.41 Å². The fourth-order valence-electron chi connectivity index (χ4n) is 2.75. The fourth-order valence-corrected chi connectivity index (χ4v) is 2.75. The van der Waals surface area contributed by atoms with Crippen molar-refractivity contribution in [3.8, 4) is 11.5 Å². The monoisotopic (exact) mass is 291 g/mol. The molecular weight excluding hydrogens is 262 g/mol. The Balaban J connectivity index is 1.83. The van der Waals surface area contributed by atoms with E-state index >= 15 is 0 Å². The molecule has 3 nitrogen and oxygen atoms in total. The molecule has 0 saturated carbocycles. The molecule has 3 heteroatoms. The summed E-state index contributed by atoms with van der Waals surface area (Å²) in [5.74, 6) is 1.79. The summed E-state index contributed by atoms with van der Waals surface area (Å²) in [5, 5.41) is 3.58. The van der Waals surface area contributed by atoms with Gasteiger partial charge in [-0.25, -0.2) is 0 Å². The van der Waals surface area contributed by atoms with Crippen molar-refractivity contribution in [1.82, 2.24) is 5.32 Å². The van der Waals surface area contributed by atoms with Crippen molar-refractivity contribution in [3.63, 3.8) is 0 Å². The summed E-state index contributed by atoms with van der Waals surface area (Å²) in [6.07, 6.45) is 5.22. The van der Waals surface area contributed by atoms with Gasteiger partial charge >= 0.3 is 0 Å². The van der Waals surface area contributed by atoms with Gasteiger partial charge in [0.1, 0.15) is 13.2 Å². The van der Waals surface area contributed by atoms with Crippen molar-refractivity contribution >= 4 is 0 Å². The molecule has 0 fully saturated rings. The van der Waals surface area contributed by atoms with Crippen LogP contribution in [0.3, 0.4) is 0 Å². The second-order valence-corrected chi connectivity index (χ2v) is 6.67. The maximum Gasteiger partial charge on any atom is 0.165 e. The lowest BCUT2D eigenvalue weighted by Gasteiger charge is -2.26. The molecule has 2 rings (SSSR count). The molecule has 0 unspecified atom stereocenters. The van der Waals surface area contributed by atoms with E-state index in [1.54, 1.807) is 0 Å². The molecule has 0 atom stereocenters. The third-order valence-corrected chi connectivity index (χ3v) is 4.02. The molecule has 21 heavy (non-hydrogen) atoms. The number of fused-ring (bicyclic) bond motifs is 1. The Hall–Kier alpha value is -1.22. The normalized spacial score (nSPS) is 14.2. The minimum Gasteiger partial charge on any atom is -0.486 e. The summed E-state index contributed by atoms with van der Waals surface area (Å²) in [6, 6.07) is 6.13. The van der Waals surface area contributed by atoms with Gasteiger partial charge in [-0.1, -0.05) is 52.2 Å². The maximum atomic E-state index is 5.75. The molecule has 0 amide bonds. The van der Waals surface area contributed by atoms with Crippen LogP contribution in [-0.4, -0.2) is 19.8 Å². The zero-order chi connectivity index (χ0) is 15.1. The van der Waals surface area contributed by atoms with Crippen molar-refractivity contribution < 1.29 is 9.47 Å². The summed E-state index contributed by atoms with van der Waals surface area (Å²) in [4.78, 5) is 0. The molecule has 0 radical (unpaired) electrons. The van der Waals surface area contributed by atoms with Gasteiger partial charge in [-0.15, -0.1) is 0 Å². The zero-order valence-electron chi connectivity index (χ0n) is 13.7. The quantitative estimate of drug-likeness (QED) is 0.730. The van der Waals surface area contributed by atoms with Crippen LogP contribution in [0.4, 0.5) is 0 Å². The number of nitrogens with one attached hydrogen (secondary N) is 1. The van der Waals surface area contributed by atoms with Crippen molar-refractivity contribution in [2.45, 2.75) is 53.0 Å². The van der Waals surface area contributed by atoms with E-state index in [1.165, 1.54) is 31.2 Å². The Morgan fingerprint density at radius 2 is 1.95 bits per heavy atom. The second kappa shape index (κ2) is 7.69. The van der Waals surface area contributed by atoms with Gasteiger partial charge in [0.15, 0.2) is 11.5 Å². The molecule has 0 bridgehead atoms. The van der Waals surface area contributed by atoms with E-state index in [4.69, 9.17) is 9.47 Å². The highest BCUT2D eigenvalue weighted by molar-refractivity contribution is 5.47. The third kappa shape index (κ3) is 4.92. The van der Waals surface area contributed by atoms with Crippen molar-refractivity contribution in [1.29, 1.82) is 0 Å². The number of hydrogen-bond acceptors (Lipinski definition) is 3. The van der Waals surface area contributed by atoms with Gasteiger partial charge in [-0.3, -0.25) is 0 Å².